The Kier molecular flexibility index (Phi) is 6.73. The monoisotopic (exact) mass is 345 g/mol. The summed E-state index contributed by atoms with van der Waals surface area (Å²) < 4.78 is 10.3. The lowest BCUT2D eigenvalue weighted by Gasteiger charge is -2.22. The van der Waals surface area contributed by atoms with Gasteiger partial charge in [0.15, 0.2) is 5.75 Å². The van der Waals surface area contributed by atoms with Gasteiger partial charge in [0.2, 0.25) is 0 Å². The summed E-state index contributed by atoms with van der Waals surface area (Å²) in [5.41, 5.74) is 7.62. The minimum atomic E-state index is -0.433. The zero-order chi connectivity index (χ0) is 18.2. The molecule has 2 aromatic rings. The molecule has 2 rings (SSSR count). The first kappa shape index (κ1) is 18.7. The fraction of sp³-hybridized carbons (Fsp3) is 0.333. The van der Waals surface area contributed by atoms with Crippen molar-refractivity contribution in [1.29, 1.82) is 0 Å². The number of nitro groups is 1. The molecular weight excluding hydrogens is 322 g/mol. The Morgan fingerprint density at radius 3 is 2.40 bits per heavy atom. The van der Waals surface area contributed by atoms with Crippen molar-refractivity contribution >= 4 is 5.69 Å². The lowest BCUT2D eigenvalue weighted by Crippen LogP contribution is -2.28. The quantitative estimate of drug-likeness (QED) is 0.555. The van der Waals surface area contributed by atoms with E-state index in [1.54, 1.807) is 19.2 Å². The average molecular weight is 345 g/mol. The molecular formula is C18H23N3O4. The molecule has 0 saturated heterocycles. The Morgan fingerprint density at radius 1 is 1.08 bits per heavy atom. The van der Waals surface area contributed by atoms with Gasteiger partial charge in [0.25, 0.3) is 0 Å². The minimum absolute atomic E-state index is 0.0333. The summed E-state index contributed by atoms with van der Waals surface area (Å²) >= 11 is 0. The number of ether oxygens (including phenoxy) is 2. The summed E-state index contributed by atoms with van der Waals surface area (Å²) in [5, 5.41) is 11.2. The van der Waals surface area contributed by atoms with Crippen LogP contribution in [0.4, 0.5) is 5.69 Å². The normalized spacial score (nSPS) is 10.7. The van der Waals surface area contributed by atoms with E-state index in [-0.39, 0.29) is 11.4 Å². The van der Waals surface area contributed by atoms with Crippen LogP contribution < -0.4 is 15.2 Å². The maximum atomic E-state index is 11.2. The molecule has 0 atom stereocenters. The van der Waals surface area contributed by atoms with E-state index in [1.807, 2.05) is 30.3 Å². The first-order valence-corrected chi connectivity index (χ1v) is 7.94. The molecule has 2 N–H and O–H groups in total. The van der Waals surface area contributed by atoms with Gasteiger partial charge in [0.05, 0.1) is 19.1 Å². The first-order chi connectivity index (χ1) is 12.1. The van der Waals surface area contributed by atoms with E-state index in [2.05, 4.69) is 4.90 Å². The molecule has 0 amide bonds. The summed E-state index contributed by atoms with van der Waals surface area (Å²) in [6.45, 7) is 2.41. The molecule has 7 nitrogen and oxygen atoms in total. The Balaban J connectivity index is 2.18. The maximum Gasteiger partial charge on any atom is 0.311 e. The number of methoxy groups -OCH3 is 2. The highest BCUT2D eigenvalue weighted by atomic mass is 16.6. The molecule has 0 unspecified atom stereocenters. The molecule has 0 bridgehead atoms. The van der Waals surface area contributed by atoms with Gasteiger partial charge < -0.3 is 15.2 Å². The van der Waals surface area contributed by atoms with Crippen LogP contribution in [-0.4, -0.2) is 37.1 Å². The number of rotatable bonds is 9. The van der Waals surface area contributed by atoms with Crippen LogP contribution in [0.2, 0.25) is 0 Å². The Hall–Kier alpha value is -2.64. The van der Waals surface area contributed by atoms with Gasteiger partial charge >= 0.3 is 5.69 Å². The van der Waals surface area contributed by atoms with E-state index in [9.17, 15) is 10.1 Å². The third kappa shape index (κ3) is 5.17. The van der Waals surface area contributed by atoms with Crippen LogP contribution in [0.5, 0.6) is 11.5 Å². The highest BCUT2D eigenvalue weighted by Crippen LogP contribution is 2.28. The van der Waals surface area contributed by atoms with Crippen LogP contribution in [-0.2, 0) is 13.1 Å². The third-order valence-electron chi connectivity index (χ3n) is 3.83. The summed E-state index contributed by atoms with van der Waals surface area (Å²) in [5.74, 6) is 1.05. The van der Waals surface area contributed by atoms with Crippen LogP contribution >= 0.6 is 0 Å². The lowest BCUT2D eigenvalue weighted by molar-refractivity contribution is -0.385. The summed E-state index contributed by atoms with van der Waals surface area (Å²) in [6.07, 6.45) is 0. The van der Waals surface area contributed by atoms with Crippen LogP contribution in [0.25, 0.3) is 0 Å². The fourth-order valence-electron chi connectivity index (χ4n) is 2.66. The Labute approximate surface area is 147 Å². The number of nitro benzene ring substituents is 1. The standard InChI is InChI=1S/C18H23N3O4/c1-24-16-5-3-4-14(10-16)12-20(9-8-19)13-15-6-7-18(25-2)17(11-15)21(22)23/h3-7,10-11H,8-9,12-13,19H2,1-2H3. The van der Waals surface area contributed by atoms with Gasteiger partial charge in [-0.2, -0.15) is 0 Å². The van der Waals surface area contributed by atoms with Gasteiger partial charge in [-0.3, -0.25) is 15.0 Å². The molecule has 0 radical (unpaired) electrons. The predicted molar refractivity (Wildman–Crippen MR) is 95.8 cm³/mol. The topological polar surface area (TPSA) is 90.9 Å². The van der Waals surface area contributed by atoms with E-state index in [4.69, 9.17) is 15.2 Å². The summed E-state index contributed by atoms with van der Waals surface area (Å²) in [6, 6.07) is 12.8. The number of benzene rings is 2. The second kappa shape index (κ2) is 9.00. The van der Waals surface area contributed by atoms with Crippen molar-refractivity contribution in [3.05, 3.63) is 63.7 Å². The number of nitrogens with zero attached hydrogens (tertiary/aromatic N) is 2. The minimum Gasteiger partial charge on any atom is -0.497 e. The molecule has 0 saturated carbocycles. The molecule has 0 spiro atoms. The van der Waals surface area contributed by atoms with Crippen molar-refractivity contribution < 1.29 is 14.4 Å². The second-order valence-electron chi connectivity index (χ2n) is 5.61. The van der Waals surface area contributed by atoms with Crippen LogP contribution in [0.15, 0.2) is 42.5 Å². The molecule has 0 aliphatic carbocycles. The smallest absolute Gasteiger partial charge is 0.311 e. The molecule has 0 heterocycles. The molecule has 25 heavy (non-hydrogen) atoms. The highest BCUT2D eigenvalue weighted by Gasteiger charge is 2.16. The number of nitrogens with two attached hydrogens (primary N) is 1. The van der Waals surface area contributed by atoms with Gasteiger partial charge in [-0.1, -0.05) is 18.2 Å². The van der Waals surface area contributed by atoms with E-state index in [1.165, 1.54) is 7.11 Å². The van der Waals surface area contributed by atoms with Crippen LogP contribution in [0, 0.1) is 10.1 Å². The Morgan fingerprint density at radius 2 is 1.80 bits per heavy atom. The van der Waals surface area contributed by atoms with E-state index >= 15 is 0 Å². The molecule has 7 heteroatoms. The molecule has 0 aliphatic rings. The SMILES string of the molecule is COc1cccc(CN(CCN)Cc2ccc(OC)c([N+](=O)[O-])c2)c1. The fourth-order valence-corrected chi connectivity index (χ4v) is 2.66. The molecule has 2 aromatic carbocycles. The largest absolute Gasteiger partial charge is 0.497 e. The van der Waals surface area contributed by atoms with Gasteiger partial charge in [-0.15, -0.1) is 0 Å². The molecule has 0 fully saturated rings. The van der Waals surface area contributed by atoms with Crippen molar-refractivity contribution in [3.63, 3.8) is 0 Å². The number of hydrogen-bond acceptors (Lipinski definition) is 6. The Bertz CT molecular complexity index is 721. The van der Waals surface area contributed by atoms with Crippen molar-refractivity contribution in [1.82, 2.24) is 4.90 Å². The third-order valence-corrected chi connectivity index (χ3v) is 3.83. The predicted octanol–water partition coefficient (Wildman–Crippen LogP) is 2.57. The van der Waals surface area contributed by atoms with Crippen molar-refractivity contribution in [2.45, 2.75) is 13.1 Å². The molecule has 134 valence electrons. The van der Waals surface area contributed by atoms with Crippen molar-refractivity contribution in [2.24, 2.45) is 5.73 Å². The first-order valence-electron chi connectivity index (χ1n) is 7.94. The molecule has 0 aromatic heterocycles. The van der Waals surface area contributed by atoms with Crippen LogP contribution in [0.3, 0.4) is 0 Å². The van der Waals surface area contributed by atoms with Crippen LogP contribution in [0.1, 0.15) is 11.1 Å². The maximum absolute atomic E-state index is 11.2. The number of hydrogen-bond donors (Lipinski definition) is 1. The average Bonchev–Trinajstić information content (AvgIpc) is 2.62. The van der Waals surface area contributed by atoms with Gasteiger partial charge in [0.1, 0.15) is 5.75 Å². The van der Waals surface area contributed by atoms with Crippen molar-refractivity contribution in [2.75, 3.05) is 27.3 Å². The van der Waals surface area contributed by atoms with Gasteiger partial charge in [-0.25, -0.2) is 0 Å². The lowest BCUT2D eigenvalue weighted by atomic mass is 10.1. The van der Waals surface area contributed by atoms with E-state index in [0.717, 1.165) is 16.9 Å². The zero-order valence-corrected chi connectivity index (χ0v) is 14.5. The summed E-state index contributed by atoms with van der Waals surface area (Å²) in [7, 11) is 3.05. The van der Waals surface area contributed by atoms with E-state index < -0.39 is 4.92 Å². The molecule has 0 aliphatic heterocycles. The highest BCUT2D eigenvalue weighted by molar-refractivity contribution is 5.48. The van der Waals surface area contributed by atoms with Gasteiger partial charge in [0, 0.05) is 32.2 Å². The second-order valence-corrected chi connectivity index (χ2v) is 5.61. The zero-order valence-electron chi connectivity index (χ0n) is 14.5. The van der Waals surface area contributed by atoms with Gasteiger partial charge in [-0.05, 0) is 29.3 Å². The van der Waals surface area contributed by atoms with E-state index in [0.29, 0.717) is 26.2 Å². The summed E-state index contributed by atoms with van der Waals surface area (Å²) in [4.78, 5) is 12.9. The van der Waals surface area contributed by atoms with Crippen molar-refractivity contribution in [3.8, 4) is 11.5 Å².